The number of pyridine rings is 1. The minimum absolute atomic E-state index is 0.0234. The number of benzene rings is 1. The van der Waals surface area contributed by atoms with Crippen LogP contribution in [0.5, 0.6) is 0 Å². The van der Waals surface area contributed by atoms with Crippen molar-refractivity contribution in [3.05, 3.63) is 45.7 Å². The van der Waals surface area contributed by atoms with Crippen LogP contribution in [0, 0.1) is 6.92 Å². The van der Waals surface area contributed by atoms with Gasteiger partial charge in [-0.15, -0.1) is 0 Å². The zero-order valence-electron chi connectivity index (χ0n) is 13.2. The fourth-order valence-electron chi connectivity index (χ4n) is 2.30. The molecule has 0 bridgehead atoms. The summed E-state index contributed by atoms with van der Waals surface area (Å²) in [5, 5.41) is 8.01. The lowest BCUT2D eigenvalue weighted by Crippen LogP contribution is -2.37. The summed E-state index contributed by atoms with van der Waals surface area (Å²) in [6.45, 7) is 5.70. The van der Waals surface area contributed by atoms with Crippen molar-refractivity contribution in [3.63, 3.8) is 0 Å². The number of thiocarbonyl (C=S) groups is 1. The van der Waals surface area contributed by atoms with E-state index < -0.39 is 0 Å². The predicted molar refractivity (Wildman–Crippen MR) is 96.5 cm³/mol. The van der Waals surface area contributed by atoms with Gasteiger partial charge in [-0.3, -0.25) is 4.79 Å². The summed E-state index contributed by atoms with van der Waals surface area (Å²) in [5.74, 6) is 0. The first-order valence-corrected chi connectivity index (χ1v) is 8.15. The molecule has 0 spiro atoms. The van der Waals surface area contributed by atoms with Gasteiger partial charge in [0.05, 0.1) is 0 Å². The number of aromatic nitrogens is 1. The van der Waals surface area contributed by atoms with Gasteiger partial charge in [-0.1, -0.05) is 25.5 Å². The van der Waals surface area contributed by atoms with Crippen LogP contribution in [0.3, 0.4) is 0 Å². The van der Waals surface area contributed by atoms with Crippen molar-refractivity contribution in [2.24, 2.45) is 0 Å². The molecule has 5 heteroatoms. The molecular weight excluding hydrogens is 294 g/mol. The number of aromatic amines is 1. The van der Waals surface area contributed by atoms with Crippen LogP contribution in [0.4, 0.5) is 0 Å². The summed E-state index contributed by atoms with van der Waals surface area (Å²) < 4.78 is 0. The van der Waals surface area contributed by atoms with Gasteiger partial charge >= 0.3 is 0 Å². The third-order valence-electron chi connectivity index (χ3n) is 3.57. The Morgan fingerprint density at radius 1 is 1.23 bits per heavy atom. The van der Waals surface area contributed by atoms with Gasteiger partial charge < -0.3 is 15.6 Å². The standard InChI is InChI=1S/C17H23N3OS/c1-3-4-8-18-17(22)19-9-7-14-11-13-6-5-12(2)10-15(13)20-16(14)21/h5-6,10-11H,3-4,7-9H2,1-2H3,(H,20,21)(H2,18,19,22). The van der Waals surface area contributed by atoms with Gasteiger partial charge in [-0.25, -0.2) is 0 Å². The first kappa shape index (κ1) is 16.5. The third kappa shape index (κ3) is 4.56. The largest absolute Gasteiger partial charge is 0.363 e. The summed E-state index contributed by atoms with van der Waals surface area (Å²) in [4.78, 5) is 15.0. The maximum Gasteiger partial charge on any atom is 0.251 e. The van der Waals surface area contributed by atoms with Crippen molar-refractivity contribution >= 4 is 28.2 Å². The smallest absolute Gasteiger partial charge is 0.251 e. The SMILES string of the molecule is CCCCNC(=S)NCCc1cc2ccc(C)cc2[nH]c1=O. The van der Waals surface area contributed by atoms with Crippen LogP contribution in [0.25, 0.3) is 10.9 Å². The number of aryl methyl sites for hydroxylation is 1. The second-order valence-corrected chi connectivity index (χ2v) is 5.91. The second-order valence-electron chi connectivity index (χ2n) is 5.50. The minimum atomic E-state index is -0.0234. The lowest BCUT2D eigenvalue weighted by molar-refractivity contribution is 0.736. The van der Waals surface area contributed by atoms with Crippen LogP contribution in [-0.2, 0) is 6.42 Å². The molecule has 1 aromatic heterocycles. The molecule has 0 aliphatic carbocycles. The Kier molecular flexibility index (Phi) is 5.95. The summed E-state index contributed by atoms with van der Waals surface area (Å²) >= 11 is 5.20. The number of H-pyrrole nitrogens is 1. The molecule has 1 heterocycles. The van der Waals surface area contributed by atoms with E-state index in [2.05, 4.69) is 28.6 Å². The van der Waals surface area contributed by atoms with E-state index in [4.69, 9.17) is 12.2 Å². The number of unbranched alkanes of at least 4 members (excludes halogenated alkanes) is 1. The number of rotatable bonds is 6. The van der Waals surface area contributed by atoms with E-state index in [0.29, 0.717) is 18.1 Å². The van der Waals surface area contributed by atoms with E-state index >= 15 is 0 Å². The van der Waals surface area contributed by atoms with Crippen molar-refractivity contribution in [2.45, 2.75) is 33.1 Å². The molecule has 0 aliphatic rings. The molecule has 0 aliphatic heterocycles. The summed E-state index contributed by atoms with van der Waals surface area (Å²) in [6.07, 6.45) is 2.89. The van der Waals surface area contributed by atoms with Gasteiger partial charge in [-0.2, -0.15) is 0 Å². The molecule has 2 rings (SSSR count). The topological polar surface area (TPSA) is 56.9 Å². The van der Waals surface area contributed by atoms with Crippen LogP contribution in [0.15, 0.2) is 29.1 Å². The molecule has 0 fully saturated rings. The third-order valence-corrected chi connectivity index (χ3v) is 3.86. The lowest BCUT2D eigenvalue weighted by Gasteiger charge is -2.10. The lowest BCUT2D eigenvalue weighted by atomic mass is 10.1. The van der Waals surface area contributed by atoms with Crippen LogP contribution in [-0.4, -0.2) is 23.2 Å². The van der Waals surface area contributed by atoms with E-state index in [1.165, 1.54) is 0 Å². The van der Waals surface area contributed by atoms with Gasteiger partial charge in [0.25, 0.3) is 5.56 Å². The maximum atomic E-state index is 12.1. The highest BCUT2D eigenvalue weighted by atomic mass is 32.1. The normalized spacial score (nSPS) is 10.6. The molecule has 3 N–H and O–H groups in total. The van der Waals surface area contributed by atoms with E-state index in [-0.39, 0.29) is 5.56 Å². The van der Waals surface area contributed by atoms with Crippen LogP contribution >= 0.6 is 12.2 Å². The van der Waals surface area contributed by atoms with Crippen LogP contribution < -0.4 is 16.2 Å². The molecule has 2 aromatic rings. The fourth-order valence-corrected chi connectivity index (χ4v) is 2.50. The highest BCUT2D eigenvalue weighted by Crippen LogP contribution is 2.13. The van der Waals surface area contributed by atoms with Crippen molar-refractivity contribution in [1.29, 1.82) is 0 Å². The number of hydrogen-bond donors (Lipinski definition) is 3. The highest BCUT2D eigenvalue weighted by Gasteiger charge is 2.04. The predicted octanol–water partition coefficient (Wildman–Crippen LogP) is 2.64. The van der Waals surface area contributed by atoms with E-state index in [9.17, 15) is 4.79 Å². The maximum absolute atomic E-state index is 12.1. The fraction of sp³-hybridized carbons (Fsp3) is 0.412. The Morgan fingerprint density at radius 3 is 2.77 bits per heavy atom. The Hall–Kier alpha value is -1.88. The van der Waals surface area contributed by atoms with Gasteiger partial charge in [0.1, 0.15) is 0 Å². The molecule has 118 valence electrons. The molecule has 1 aromatic carbocycles. The first-order chi connectivity index (χ1) is 10.6. The average Bonchev–Trinajstić information content (AvgIpc) is 2.48. The quantitative estimate of drug-likeness (QED) is 0.566. The Morgan fingerprint density at radius 2 is 2.00 bits per heavy atom. The average molecular weight is 317 g/mol. The van der Waals surface area contributed by atoms with E-state index in [1.807, 2.05) is 25.1 Å². The zero-order valence-corrected chi connectivity index (χ0v) is 14.0. The van der Waals surface area contributed by atoms with E-state index in [0.717, 1.165) is 41.4 Å². The minimum Gasteiger partial charge on any atom is -0.363 e. The summed E-state index contributed by atoms with van der Waals surface area (Å²) in [5.41, 5.74) is 2.78. The summed E-state index contributed by atoms with van der Waals surface area (Å²) in [6, 6.07) is 8.04. The molecule has 0 atom stereocenters. The van der Waals surface area contributed by atoms with Crippen LogP contribution in [0.1, 0.15) is 30.9 Å². The second kappa shape index (κ2) is 7.94. The van der Waals surface area contributed by atoms with E-state index in [1.54, 1.807) is 0 Å². The Labute approximate surface area is 136 Å². The highest BCUT2D eigenvalue weighted by molar-refractivity contribution is 7.80. The molecule has 0 unspecified atom stereocenters. The Balaban J connectivity index is 1.94. The van der Waals surface area contributed by atoms with Gasteiger partial charge in [0.2, 0.25) is 0 Å². The van der Waals surface area contributed by atoms with Gasteiger partial charge in [0, 0.05) is 24.2 Å². The zero-order chi connectivity index (χ0) is 15.9. The van der Waals surface area contributed by atoms with Crippen LogP contribution in [0.2, 0.25) is 0 Å². The first-order valence-electron chi connectivity index (χ1n) is 7.74. The molecule has 0 saturated heterocycles. The monoisotopic (exact) mass is 317 g/mol. The molecular formula is C17H23N3OS. The van der Waals surface area contributed by atoms with Gasteiger partial charge in [0.15, 0.2) is 5.11 Å². The number of fused-ring (bicyclic) bond motifs is 1. The van der Waals surface area contributed by atoms with Crippen molar-refractivity contribution in [3.8, 4) is 0 Å². The molecule has 22 heavy (non-hydrogen) atoms. The number of nitrogens with one attached hydrogen (secondary N) is 3. The molecule has 4 nitrogen and oxygen atoms in total. The van der Waals surface area contributed by atoms with Crippen molar-refractivity contribution in [1.82, 2.24) is 15.6 Å². The summed E-state index contributed by atoms with van der Waals surface area (Å²) in [7, 11) is 0. The molecule has 0 radical (unpaired) electrons. The van der Waals surface area contributed by atoms with Crippen molar-refractivity contribution < 1.29 is 0 Å². The molecule has 0 saturated carbocycles. The van der Waals surface area contributed by atoms with Gasteiger partial charge in [-0.05, 0) is 55.1 Å². The Bertz CT molecular complexity index is 709. The number of hydrogen-bond acceptors (Lipinski definition) is 2. The molecule has 0 amide bonds. The van der Waals surface area contributed by atoms with Crippen molar-refractivity contribution in [2.75, 3.05) is 13.1 Å².